The number of hydrogen-bond donors (Lipinski definition) is 2. The van der Waals surface area contributed by atoms with Crippen molar-refractivity contribution in [1.82, 2.24) is 0 Å². The summed E-state index contributed by atoms with van der Waals surface area (Å²) in [6.45, 7) is 0. The van der Waals surface area contributed by atoms with E-state index in [0.717, 1.165) is 17.9 Å². The number of hydrogen-bond acceptors (Lipinski definition) is 4. The molecule has 2 N–H and O–H groups in total. The van der Waals surface area contributed by atoms with E-state index in [0.29, 0.717) is 11.3 Å². The number of thioether (sulfide) groups is 1. The van der Waals surface area contributed by atoms with E-state index in [4.69, 9.17) is 5.26 Å². The third kappa shape index (κ3) is 2.37. The van der Waals surface area contributed by atoms with E-state index in [1.807, 2.05) is 18.4 Å². The van der Waals surface area contributed by atoms with Gasteiger partial charge in [0.25, 0.3) is 0 Å². The molecule has 17 heavy (non-hydrogen) atoms. The lowest BCUT2D eigenvalue weighted by atomic mass is 10.1. The van der Waals surface area contributed by atoms with Gasteiger partial charge in [0, 0.05) is 0 Å². The summed E-state index contributed by atoms with van der Waals surface area (Å²) >= 11 is 1.71. The van der Waals surface area contributed by atoms with Crippen LogP contribution in [0.2, 0.25) is 0 Å². The first-order chi connectivity index (χ1) is 8.26. The van der Waals surface area contributed by atoms with Crippen molar-refractivity contribution in [2.24, 2.45) is 0 Å². The van der Waals surface area contributed by atoms with Gasteiger partial charge in [-0.2, -0.15) is 17.0 Å². The molecular formula is C12H13N3OS. The van der Waals surface area contributed by atoms with Crippen LogP contribution < -0.4 is 10.6 Å². The maximum atomic E-state index is 11.8. The number of benzene rings is 1. The summed E-state index contributed by atoms with van der Waals surface area (Å²) in [5, 5.41) is 14.9. The average Bonchev–Trinajstić information content (AvgIpc) is 2.35. The van der Waals surface area contributed by atoms with Gasteiger partial charge in [-0.25, -0.2) is 0 Å². The summed E-state index contributed by atoms with van der Waals surface area (Å²) in [5.74, 6) is 0.868. The highest BCUT2D eigenvalue weighted by atomic mass is 32.2. The normalized spacial score (nSPS) is 17.6. The molecule has 1 unspecified atom stereocenters. The molecule has 88 valence electrons. The summed E-state index contributed by atoms with van der Waals surface area (Å²) in [4.78, 5) is 11.8. The molecule has 1 aromatic rings. The number of anilines is 2. The van der Waals surface area contributed by atoms with Gasteiger partial charge in [-0.1, -0.05) is 6.07 Å². The number of nitrogens with zero attached hydrogens (tertiary/aromatic N) is 1. The molecule has 0 saturated heterocycles. The van der Waals surface area contributed by atoms with E-state index in [1.165, 1.54) is 0 Å². The lowest BCUT2D eigenvalue weighted by molar-refractivity contribution is -0.117. The predicted octanol–water partition coefficient (Wildman–Crippen LogP) is 2.04. The van der Waals surface area contributed by atoms with Crippen LogP contribution in [0.1, 0.15) is 12.0 Å². The predicted molar refractivity (Wildman–Crippen MR) is 70.2 cm³/mol. The van der Waals surface area contributed by atoms with Gasteiger partial charge in [0.15, 0.2) is 0 Å². The Hall–Kier alpha value is -1.67. The quantitative estimate of drug-likeness (QED) is 0.858. The molecule has 1 aliphatic rings. The maximum absolute atomic E-state index is 11.8. The molecule has 0 saturated carbocycles. The van der Waals surface area contributed by atoms with E-state index in [9.17, 15) is 4.79 Å². The summed E-state index contributed by atoms with van der Waals surface area (Å²) in [6, 6.07) is 7.26. The molecule has 1 aromatic carbocycles. The Kier molecular flexibility index (Phi) is 3.55. The largest absolute Gasteiger partial charge is 0.372 e. The number of nitriles is 1. The number of amides is 1. The molecule has 0 radical (unpaired) electrons. The first-order valence-electron chi connectivity index (χ1n) is 5.35. The van der Waals surface area contributed by atoms with Gasteiger partial charge < -0.3 is 10.6 Å². The highest BCUT2D eigenvalue weighted by molar-refractivity contribution is 7.98. The highest BCUT2D eigenvalue weighted by Crippen LogP contribution is 2.30. The van der Waals surface area contributed by atoms with Crippen molar-refractivity contribution < 1.29 is 4.79 Å². The molecule has 2 rings (SSSR count). The van der Waals surface area contributed by atoms with Crippen molar-refractivity contribution in [1.29, 1.82) is 5.26 Å². The second-order valence-electron chi connectivity index (χ2n) is 3.81. The third-order valence-electron chi connectivity index (χ3n) is 2.69. The number of rotatable bonds is 3. The molecule has 1 amide bonds. The van der Waals surface area contributed by atoms with Crippen LogP contribution >= 0.6 is 11.8 Å². The van der Waals surface area contributed by atoms with E-state index < -0.39 is 0 Å². The summed E-state index contributed by atoms with van der Waals surface area (Å²) < 4.78 is 0. The molecule has 0 aliphatic carbocycles. The van der Waals surface area contributed by atoms with Crippen LogP contribution in [0.4, 0.5) is 11.4 Å². The van der Waals surface area contributed by atoms with Gasteiger partial charge in [-0.15, -0.1) is 0 Å². The fraction of sp³-hybridized carbons (Fsp3) is 0.333. The van der Waals surface area contributed by atoms with Crippen LogP contribution in [0.5, 0.6) is 0 Å². The van der Waals surface area contributed by atoms with Gasteiger partial charge in [-0.05, 0) is 30.6 Å². The van der Waals surface area contributed by atoms with Crippen LogP contribution in [0.15, 0.2) is 18.2 Å². The van der Waals surface area contributed by atoms with Crippen LogP contribution in [0.3, 0.4) is 0 Å². The van der Waals surface area contributed by atoms with Crippen LogP contribution in [0.25, 0.3) is 0 Å². The van der Waals surface area contributed by atoms with Gasteiger partial charge in [0.05, 0.1) is 16.9 Å². The van der Waals surface area contributed by atoms with Crippen molar-refractivity contribution in [2.75, 3.05) is 22.6 Å². The van der Waals surface area contributed by atoms with Crippen molar-refractivity contribution >= 4 is 29.0 Å². The van der Waals surface area contributed by atoms with E-state index in [-0.39, 0.29) is 11.9 Å². The fourth-order valence-corrected chi connectivity index (χ4v) is 2.27. The molecule has 4 nitrogen and oxygen atoms in total. The number of para-hydroxylation sites is 1. The molecule has 0 aromatic heterocycles. The van der Waals surface area contributed by atoms with Crippen LogP contribution in [-0.2, 0) is 4.79 Å². The molecule has 0 spiro atoms. The standard InChI is InChI=1S/C12H13N3OS/c1-17-6-5-10-12(16)15-11-8(7-13)3-2-4-9(11)14-10/h2-4,10,14H,5-6H2,1H3,(H,15,16). The Morgan fingerprint density at radius 1 is 1.53 bits per heavy atom. The smallest absolute Gasteiger partial charge is 0.246 e. The first-order valence-corrected chi connectivity index (χ1v) is 6.75. The second kappa shape index (κ2) is 5.11. The Bertz CT molecular complexity index is 481. The Labute approximate surface area is 104 Å². The van der Waals surface area contributed by atoms with E-state index in [2.05, 4.69) is 16.7 Å². The number of nitrogens with one attached hydrogen (secondary N) is 2. The van der Waals surface area contributed by atoms with Crippen LogP contribution in [0, 0.1) is 11.3 Å². The summed E-state index contributed by atoms with van der Waals surface area (Å²) in [5.41, 5.74) is 1.92. The highest BCUT2D eigenvalue weighted by Gasteiger charge is 2.26. The van der Waals surface area contributed by atoms with Crippen LogP contribution in [-0.4, -0.2) is 24.0 Å². The zero-order chi connectivity index (χ0) is 12.3. The second-order valence-corrected chi connectivity index (χ2v) is 4.79. The Morgan fingerprint density at radius 3 is 3.06 bits per heavy atom. The monoisotopic (exact) mass is 247 g/mol. The van der Waals surface area contributed by atoms with Gasteiger partial charge in [0.2, 0.25) is 5.91 Å². The molecular weight excluding hydrogens is 234 g/mol. The summed E-state index contributed by atoms with van der Waals surface area (Å²) in [7, 11) is 0. The number of carbonyl (C=O) groups excluding carboxylic acids is 1. The van der Waals surface area contributed by atoms with Gasteiger partial charge in [-0.3, -0.25) is 4.79 Å². The molecule has 1 heterocycles. The molecule has 0 fully saturated rings. The van der Waals surface area contributed by atoms with Gasteiger partial charge >= 0.3 is 0 Å². The SMILES string of the molecule is CSCCC1Nc2cccc(C#N)c2NC1=O. The van der Waals surface area contributed by atoms with E-state index >= 15 is 0 Å². The van der Waals surface area contributed by atoms with Gasteiger partial charge in [0.1, 0.15) is 12.1 Å². The number of fused-ring (bicyclic) bond motifs is 1. The zero-order valence-electron chi connectivity index (χ0n) is 9.49. The number of carbonyl (C=O) groups is 1. The fourth-order valence-electron chi connectivity index (χ4n) is 1.80. The van der Waals surface area contributed by atoms with Crippen molar-refractivity contribution in [3.05, 3.63) is 23.8 Å². The Balaban J connectivity index is 2.24. The zero-order valence-corrected chi connectivity index (χ0v) is 10.3. The maximum Gasteiger partial charge on any atom is 0.246 e. The summed E-state index contributed by atoms with van der Waals surface area (Å²) in [6.07, 6.45) is 2.80. The third-order valence-corrected chi connectivity index (χ3v) is 3.33. The molecule has 0 bridgehead atoms. The minimum absolute atomic E-state index is 0.0609. The lowest BCUT2D eigenvalue weighted by Gasteiger charge is -2.27. The van der Waals surface area contributed by atoms with Crippen molar-refractivity contribution in [3.63, 3.8) is 0 Å². The van der Waals surface area contributed by atoms with Crippen molar-refractivity contribution in [2.45, 2.75) is 12.5 Å². The average molecular weight is 247 g/mol. The topological polar surface area (TPSA) is 64.9 Å². The molecule has 5 heteroatoms. The van der Waals surface area contributed by atoms with E-state index in [1.54, 1.807) is 17.8 Å². The molecule has 1 aliphatic heterocycles. The molecule has 1 atom stereocenters. The minimum Gasteiger partial charge on any atom is -0.372 e. The lowest BCUT2D eigenvalue weighted by Crippen LogP contribution is -2.39. The Morgan fingerprint density at radius 2 is 2.35 bits per heavy atom. The van der Waals surface area contributed by atoms with Crippen molar-refractivity contribution in [3.8, 4) is 6.07 Å². The first kappa shape index (κ1) is 11.8. The minimum atomic E-state index is -0.205.